The van der Waals surface area contributed by atoms with Crippen molar-refractivity contribution in [1.82, 2.24) is 4.90 Å². The van der Waals surface area contributed by atoms with Crippen molar-refractivity contribution in [3.8, 4) is 0 Å². The van der Waals surface area contributed by atoms with E-state index >= 15 is 0 Å². The molecular weight excluding hydrogens is 276 g/mol. The Morgan fingerprint density at radius 1 is 1.24 bits per heavy atom. The van der Waals surface area contributed by atoms with E-state index in [1.807, 2.05) is 0 Å². The molecule has 116 valence electrons. The standard InChI is InChI=1S/C18H28N2S/c1-18(2,3)15-9-11-20(12-10-15)16(13-17(19)21)14-7-5-4-6-8-14/h4-8,15-16H,9-13H2,1-3H3,(H2,19,21). The van der Waals surface area contributed by atoms with Crippen LogP contribution in [0.25, 0.3) is 0 Å². The van der Waals surface area contributed by atoms with Crippen molar-refractivity contribution in [1.29, 1.82) is 0 Å². The smallest absolute Gasteiger partial charge is 0.0746 e. The van der Waals surface area contributed by atoms with E-state index in [0.717, 1.165) is 25.4 Å². The second-order valence-corrected chi connectivity index (χ2v) is 7.80. The van der Waals surface area contributed by atoms with Crippen molar-refractivity contribution < 1.29 is 0 Å². The van der Waals surface area contributed by atoms with Crippen molar-refractivity contribution in [2.75, 3.05) is 13.1 Å². The summed E-state index contributed by atoms with van der Waals surface area (Å²) in [4.78, 5) is 3.18. The zero-order valence-electron chi connectivity index (χ0n) is 13.5. The quantitative estimate of drug-likeness (QED) is 0.847. The number of nitrogens with zero attached hydrogens (tertiary/aromatic N) is 1. The first-order chi connectivity index (χ1) is 9.88. The van der Waals surface area contributed by atoms with Crippen molar-refractivity contribution in [2.24, 2.45) is 17.1 Å². The van der Waals surface area contributed by atoms with Crippen LogP contribution in [0.15, 0.2) is 30.3 Å². The van der Waals surface area contributed by atoms with Gasteiger partial charge in [0, 0.05) is 12.5 Å². The zero-order valence-corrected chi connectivity index (χ0v) is 14.3. The number of thiocarbonyl (C=S) groups is 1. The fourth-order valence-corrected chi connectivity index (χ4v) is 3.56. The molecule has 3 heteroatoms. The lowest BCUT2D eigenvalue weighted by molar-refractivity contribution is 0.0843. The fourth-order valence-electron chi connectivity index (χ4n) is 3.40. The van der Waals surface area contributed by atoms with Crippen molar-refractivity contribution in [3.63, 3.8) is 0 Å². The molecule has 1 unspecified atom stereocenters. The Morgan fingerprint density at radius 3 is 2.29 bits per heavy atom. The molecule has 0 amide bonds. The van der Waals surface area contributed by atoms with E-state index in [9.17, 15) is 0 Å². The summed E-state index contributed by atoms with van der Waals surface area (Å²) in [6.45, 7) is 9.36. The third-order valence-corrected chi connectivity index (χ3v) is 4.94. The van der Waals surface area contributed by atoms with Gasteiger partial charge in [0.05, 0.1) is 4.99 Å². The lowest BCUT2D eigenvalue weighted by Crippen LogP contribution is -2.41. The molecule has 1 saturated heterocycles. The molecule has 2 rings (SSSR count). The molecule has 21 heavy (non-hydrogen) atoms. The van der Waals surface area contributed by atoms with Crippen LogP contribution in [0, 0.1) is 11.3 Å². The van der Waals surface area contributed by atoms with Crippen LogP contribution in [-0.2, 0) is 0 Å². The number of rotatable bonds is 4. The lowest BCUT2D eigenvalue weighted by Gasteiger charge is -2.42. The monoisotopic (exact) mass is 304 g/mol. The average Bonchev–Trinajstić information content (AvgIpc) is 2.45. The Kier molecular flexibility index (Phi) is 5.39. The van der Waals surface area contributed by atoms with Crippen molar-refractivity contribution >= 4 is 17.2 Å². The van der Waals surface area contributed by atoms with Crippen LogP contribution in [0.1, 0.15) is 51.6 Å². The zero-order chi connectivity index (χ0) is 15.5. The number of hydrogen-bond acceptors (Lipinski definition) is 2. The first-order valence-corrected chi connectivity index (χ1v) is 8.36. The van der Waals surface area contributed by atoms with Crippen LogP contribution in [0.4, 0.5) is 0 Å². The second-order valence-electron chi connectivity index (χ2n) is 7.27. The summed E-state index contributed by atoms with van der Waals surface area (Å²) in [6, 6.07) is 11.0. The topological polar surface area (TPSA) is 29.3 Å². The summed E-state index contributed by atoms with van der Waals surface area (Å²) < 4.78 is 0. The van der Waals surface area contributed by atoms with E-state index < -0.39 is 0 Å². The number of benzene rings is 1. The van der Waals surface area contributed by atoms with Crippen molar-refractivity contribution in [3.05, 3.63) is 35.9 Å². The number of likely N-dealkylation sites (tertiary alicyclic amines) is 1. The Balaban J connectivity index is 2.08. The van der Waals surface area contributed by atoms with Gasteiger partial charge in [-0.15, -0.1) is 0 Å². The maximum atomic E-state index is 5.84. The van der Waals surface area contributed by atoms with Gasteiger partial charge < -0.3 is 5.73 Å². The third kappa shape index (κ3) is 4.52. The van der Waals surface area contributed by atoms with E-state index in [2.05, 4.69) is 56.0 Å². The highest BCUT2D eigenvalue weighted by molar-refractivity contribution is 7.80. The summed E-state index contributed by atoms with van der Waals surface area (Å²) in [5, 5.41) is 0. The van der Waals surface area contributed by atoms with Gasteiger partial charge in [0.1, 0.15) is 0 Å². The first kappa shape index (κ1) is 16.4. The van der Waals surface area contributed by atoms with Crippen LogP contribution in [0.2, 0.25) is 0 Å². The molecule has 0 saturated carbocycles. The van der Waals surface area contributed by atoms with Crippen LogP contribution in [-0.4, -0.2) is 23.0 Å². The van der Waals surface area contributed by atoms with Crippen LogP contribution >= 0.6 is 12.2 Å². The molecule has 1 heterocycles. The van der Waals surface area contributed by atoms with Gasteiger partial charge in [-0.05, 0) is 42.8 Å². The van der Waals surface area contributed by atoms with E-state index in [1.165, 1.54) is 18.4 Å². The molecule has 1 atom stereocenters. The molecule has 0 spiro atoms. The predicted octanol–water partition coefficient (Wildman–Crippen LogP) is 4.16. The van der Waals surface area contributed by atoms with E-state index in [4.69, 9.17) is 18.0 Å². The van der Waals surface area contributed by atoms with Gasteiger partial charge in [-0.1, -0.05) is 63.3 Å². The second kappa shape index (κ2) is 6.89. The van der Waals surface area contributed by atoms with Crippen LogP contribution in [0.5, 0.6) is 0 Å². The predicted molar refractivity (Wildman–Crippen MR) is 94.3 cm³/mol. The maximum absolute atomic E-state index is 5.84. The van der Waals surface area contributed by atoms with Gasteiger partial charge in [0.15, 0.2) is 0 Å². The summed E-state index contributed by atoms with van der Waals surface area (Å²) in [6.07, 6.45) is 3.31. The molecule has 1 fully saturated rings. The first-order valence-electron chi connectivity index (χ1n) is 7.95. The normalized spacial score (nSPS) is 19.4. The number of piperidine rings is 1. The minimum atomic E-state index is 0.338. The molecule has 1 aliphatic heterocycles. The SMILES string of the molecule is CC(C)(C)C1CCN(C(CC(N)=S)c2ccccc2)CC1. The Labute approximate surface area is 134 Å². The Hall–Kier alpha value is -0.930. The van der Waals surface area contributed by atoms with E-state index in [-0.39, 0.29) is 0 Å². The molecule has 0 radical (unpaired) electrons. The molecule has 2 N–H and O–H groups in total. The maximum Gasteiger partial charge on any atom is 0.0746 e. The Bertz CT molecular complexity index is 456. The van der Waals surface area contributed by atoms with Gasteiger partial charge in [-0.2, -0.15) is 0 Å². The molecule has 1 aromatic rings. The van der Waals surface area contributed by atoms with Gasteiger partial charge in [-0.3, -0.25) is 4.90 Å². The molecule has 0 aromatic heterocycles. The summed E-state index contributed by atoms with van der Waals surface area (Å²) in [5.41, 5.74) is 7.59. The average molecular weight is 305 g/mol. The largest absolute Gasteiger partial charge is 0.393 e. The van der Waals surface area contributed by atoms with Gasteiger partial charge in [0.25, 0.3) is 0 Å². The lowest BCUT2D eigenvalue weighted by atomic mass is 9.75. The van der Waals surface area contributed by atoms with Crippen molar-refractivity contribution in [2.45, 2.75) is 46.1 Å². The minimum Gasteiger partial charge on any atom is -0.393 e. The highest BCUT2D eigenvalue weighted by atomic mass is 32.1. The highest BCUT2D eigenvalue weighted by Crippen LogP contribution is 2.37. The number of hydrogen-bond donors (Lipinski definition) is 1. The number of nitrogens with two attached hydrogens (primary N) is 1. The van der Waals surface area contributed by atoms with Gasteiger partial charge in [-0.25, -0.2) is 0 Å². The van der Waals surface area contributed by atoms with Crippen LogP contribution < -0.4 is 5.73 Å². The molecule has 1 aliphatic rings. The molecule has 1 aromatic carbocycles. The third-order valence-electron chi connectivity index (χ3n) is 4.77. The minimum absolute atomic E-state index is 0.338. The van der Waals surface area contributed by atoms with E-state index in [0.29, 0.717) is 16.4 Å². The molecule has 0 aliphatic carbocycles. The summed E-state index contributed by atoms with van der Waals surface area (Å²) in [5.74, 6) is 0.815. The summed E-state index contributed by atoms with van der Waals surface area (Å²) in [7, 11) is 0. The molecule has 2 nitrogen and oxygen atoms in total. The fraction of sp³-hybridized carbons (Fsp3) is 0.611. The van der Waals surface area contributed by atoms with Crippen LogP contribution in [0.3, 0.4) is 0 Å². The summed E-state index contributed by atoms with van der Waals surface area (Å²) >= 11 is 5.17. The van der Waals surface area contributed by atoms with Gasteiger partial charge >= 0.3 is 0 Å². The van der Waals surface area contributed by atoms with E-state index in [1.54, 1.807) is 0 Å². The molecular formula is C18H28N2S. The Morgan fingerprint density at radius 2 is 1.81 bits per heavy atom. The van der Waals surface area contributed by atoms with Gasteiger partial charge in [0.2, 0.25) is 0 Å². The highest BCUT2D eigenvalue weighted by Gasteiger charge is 2.31. The molecule has 0 bridgehead atoms.